The molecule has 2 aliphatic rings. The third-order valence-electron chi connectivity index (χ3n) is 6.93. The predicted molar refractivity (Wildman–Crippen MR) is 143 cm³/mol. The number of methoxy groups -OCH3 is 1. The van der Waals surface area contributed by atoms with Gasteiger partial charge >= 0.3 is 0 Å². The molecule has 0 unspecified atom stereocenters. The molecule has 2 aromatic heterocycles. The number of nitrogens with zero attached hydrogens (tertiary/aromatic N) is 2. The maximum Gasteiger partial charge on any atom is 0.258 e. The van der Waals surface area contributed by atoms with E-state index in [0.29, 0.717) is 36.7 Å². The second kappa shape index (κ2) is 9.36. The molecule has 1 saturated carbocycles. The van der Waals surface area contributed by atoms with Gasteiger partial charge in [-0.1, -0.05) is 30.3 Å². The van der Waals surface area contributed by atoms with Crippen molar-refractivity contribution >= 4 is 28.7 Å². The minimum absolute atomic E-state index is 0.0362. The number of fused-ring (bicyclic) bond motifs is 3. The number of hydrogen-bond acceptors (Lipinski definition) is 5. The van der Waals surface area contributed by atoms with Gasteiger partial charge in [-0.2, -0.15) is 0 Å². The summed E-state index contributed by atoms with van der Waals surface area (Å²) in [5, 5.41) is 0. The molecule has 4 aromatic rings. The van der Waals surface area contributed by atoms with Crippen LogP contribution in [0.3, 0.4) is 0 Å². The molecule has 36 heavy (non-hydrogen) atoms. The normalized spacial score (nSPS) is 14.5. The van der Waals surface area contributed by atoms with Crippen LogP contribution < -0.4 is 9.64 Å². The topological polar surface area (TPSA) is 59.5 Å². The maximum absolute atomic E-state index is 13.8. The first kappa shape index (κ1) is 22.7. The maximum atomic E-state index is 13.8. The zero-order valence-corrected chi connectivity index (χ0v) is 20.9. The lowest BCUT2D eigenvalue weighted by molar-refractivity contribution is 0.0974. The van der Waals surface area contributed by atoms with Gasteiger partial charge in [0.15, 0.2) is 5.78 Å². The molecule has 5 nitrogen and oxygen atoms in total. The van der Waals surface area contributed by atoms with E-state index in [0.717, 1.165) is 37.7 Å². The number of amides is 1. The van der Waals surface area contributed by atoms with Crippen LogP contribution in [0.2, 0.25) is 0 Å². The smallest absolute Gasteiger partial charge is 0.258 e. The molecule has 1 fully saturated rings. The zero-order valence-electron chi connectivity index (χ0n) is 20.1. The van der Waals surface area contributed by atoms with E-state index in [9.17, 15) is 9.59 Å². The summed E-state index contributed by atoms with van der Waals surface area (Å²) in [6.45, 7) is 0.560. The number of benzene rings is 2. The number of anilines is 1. The van der Waals surface area contributed by atoms with Crippen LogP contribution in [0.1, 0.15) is 44.9 Å². The van der Waals surface area contributed by atoms with Crippen LogP contribution in [-0.2, 0) is 6.42 Å². The van der Waals surface area contributed by atoms with Crippen LogP contribution in [0.4, 0.5) is 5.69 Å². The van der Waals surface area contributed by atoms with E-state index in [4.69, 9.17) is 4.74 Å². The summed E-state index contributed by atoms with van der Waals surface area (Å²) in [7, 11) is 1.59. The van der Waals surface area contributed by atoms with Gasteiger partial charge in [-0.25, -0.2) is 4.98 Å². The van der Waals surface area contributed by atoms with Crippen LogP contribution in [0, 0.1) is 5.92 Å². The summed E-state index contributed by atoms with van der Waals surface area (Å²) in [5.41, 5.74) is 5.54. The average molecular weight is 495 g/mol. The largest absolute Gasteiger partial charge is 0.481 e. The molecule has 2 aromatic carbocycles. The number of rotatable bonds is 6. The third kappa shape index (κ3) is 4.33. The highest BCUT2D eigenvalue weighted by atomic mass is 32.1. The molecule has 180 valence electrons. The number of carbonyl (C=O) groups excluding carboxylic acids is 2. The van der Waals surface area contributed by atoms with Gasteiger partial charge in [-0.05, 0) is 66.6 Å². The Morgan fingerprint density at radius 2 is 1.89 bits per heavy atom. The van der Waals surface area contributed by atoms with E-state index in [-0.39, 0.29) is 11.7 Å². The summed E-state index contributed by atoms with van der Waals surface area (Å²) in [5.74, 6) is 1.35. The first-order chi connectivity index (χ1) is 17.6. The number of thiophene rings is 1. The van der Waals surface area contributed by atoms with Crippen molar-refractivity contribution < 1.29 is 14.3 Å². The molecular formula is C30H26N2O3S. The molecule has 0 atom stereocenters. The van der Waals surface area contributed by atoms with Gasteiger partial charge in [0.1, 0.15) is 0 Å². The predicted octanol–water partition coefficient (Wildman–Crippen LogP) is 6.67. The number of carbonyl (C=O) groups is 2. The molecule has 6 heteroatoms. The van der Waals surface area contributed by atoms with Gasteiger partial charge in [0.2, 0.25) is 5.88 Å². The van der Waals surface area contributed by atoms with Crippen LogP contribution >= 0.6 is 11.3 Å². The van der Waals surface area contributed by atoms with Gasteiger partial charge < -0.3 is 9.64 Å². The van der Waals surface area contributed by atoms with Crippen molar-refractivity contribution in [3.63, 3.8) is 0 Å². The fourth-order valence-corrected chi connectivity index (χ4v) is 5.98. The Bertz CT molecular complexity index is 1450. The monoisotopic (exact) mass is 494 g/mol. The quantitative estimate of drug-likeness (QED) is 0.281. The molecule has 0 spiro atoms. The van der Waals surface area contributed by atoms with Gasteiger partial charge in [0.25, 0.3) is 5.91 Å². The van der Waals surface area contributed by atoms with E-state index in [1.54, 1.807) is 24.6 Å². The fraction of sp³-hybridized carbons (Fsp3) is 0.233. The van der Waals surface area contributed by atoms with Gasteiger partial charge in [-0.3, -0.25) is 9.59 Å². The van der Waals surface area contributed by atoms with E-state index in [1.807, 2.05) is 59.5 Å². The lowest BCUT2D eigenvalue weighted by Crippen LogP contribution is -2.32. The van der Waals surface area contributed by atoms with E-state index >= 15 is 0 Å². The van der Waals surface area contributed by atoms with Gasteiger partial charge in [-0.15, -0.1) is 11.3 Å². The average Bonchev–Trinajstić information content (AvgIpc) is 3.67. The van der Waals surface area contributed by atoms with Crippen molar-refractivity contribution in [2.45, 2.75) is 25.7 Å². The summed E-state index contributed by atoms with van der Waals surface area (Å²) in [6.07, 6.45) is 5.47. The Morgan fingerprint density at radius 1 is 1.03 bits per heavy atom. The number of ether oxygens (including phenoxy) is 1. The molecular weight excluding hydrogens is 468 g/mol. The Kier molecular flexibility index (Phi) is 5.89. The van der Waals surface area contributed by atoms with Gasteiger partial charge in [0, 0.05) is 46.8 Å². The minimum Gasteiger partial charge on any atom is -0.481 e. The standard InChI is InChI=1S/C30H26N2O3S/c1-35-28-12-11-23(18-31-28)20-5-4-6-22(16-20)30(34)32-14-13-21-17-27(26(33)15-19-9-10-19)36-29(21)24-7-2-3-8-25(24)32/h2-8,11-12,16-19H,9-10,13-15H2,1H3. The zero-order chi connectivity index (χ0) is 24.6. The van der Waals surface area contributed by atoms with Gasteiger partial charge in [0.05, 0.1) is 17.7 Å². The van der Waals surface area contributed by atoms with Crippen molar-refractivity contribution in [3.05, 3.63) is 88.9 Å². The summed E-state index contributed by atoms with van der Waals surface area (Å²) < 4.78 is 5.16. The molecule has 0 saturated heterocycles. The lowest BCUT2D eigenvalue weighted by atomic mass is 10.0. The molecule has 0 bridgehead atoms. The third-order valence-corrected chi connectivity index (χ3v) is 8.18. The van der Waals surface area contributed by atoms with Crippen molar-refractivity contribution in [3.8, 4) is 27.4 Å². The van der Waals surface area contributed by atoms with Crippen LogP contribution in [0.5, 0.6) is 5.88 Å². The van der Waals surface area contributed by atoms with Crippen LogP contribution in [0.15, 0.2) is 72.9 Å². The molecule has 6 rings (SSSR count). The SMILES string of the molecule is COc1ccc(-c2cccc(C(=O)N3CCc4cc(C(=O)CC5CC5)sc4-c4ccccc43)c2)cn1. The second-order valence-electron chi connectivity index (χ2n) is 9.43. The molecule has 1 aliphatic carbocycles. The van der Waals surface area contributed by atoms with E-state index < -0.39 is 0 Å². The van der Waals surface area contributed by atoms with E-state index in [1.165, 1.54) is 12.8 Å². The molecule has 3 heterocycles. The fourth-order valence-electron chi connectivity index (χ4n) is 4.79. The number of Topliss-reactive ketones (excluding diaryl/α,β-unsaturated/α-hetero) is 1. The van der Waals surface area contributed by atoms with Crippen molar-refractivity contribution in [1.82, 2.24) is 4.98 Å². The van der Waals surface area contributed by atoms with Crippen molar-refractivity contribution in [2.24, 2.45) is 5.92 Å². The summed E-state index contributed by atoms with van der Waals surface area (Å²) in [6, 6.07) is 21.5. The molecule has 1 aliphatic heterocycles. The number of para-hydroxylation sites is 1. The second-order valence-corrected chi connectivity index (χ2v) is 10.5. The minimum atomic E-state index is -0.0362. The molecule has 0 N–H and O–H groups in total. The molecule has 1 amide bonds. The highest BCUT2D eigenvalue weighted by Gasteiger charge is 2.29. The highest BCUT2D eigenvalue weighted by Crippen LogP contribution is 2.43. The summed E-state index contributed by atoms with van der Waals surface area (Å²) >= 11 is 1.58. The van der Waals surface area contributed by atoms with Crippen molar-refractivity contribution in [1.29, 1.82) is 0 Å². The number of hydrogen-bond donors (Lipinski definition) is 0. The van der Waals surface area contributed by atoms with Crippen LogP contribution in [-0.4, -0.2) is 30.3 Å². The van der Waals surface area contributed by atoms with E-state index in [2.05, 4.69) is 17.1 Å². The van der Waals surface area contributed by atoms with Crippen LogP contribution in [0.25, 0.3) is 21.6 Å². The Hall–Kier alpha value is -3.77. The Balaban J connectivity index is 1.32. The molecule has 0 radical (unpaired) electrons. The van der Waals surface area contributed by atoms with Crippen molar-refractivity contribution in [2.75, 3.05) is 18.6 Å². The number of pyridine rings is 1. The summed E-state index contributed by atoms with van der Waals surface area (Å²) in [4.78, 5) is 34.7. The number of ketones is 1. The first-order valence-corrected chi connectivity index (χ1v) is 13.1. The lowest BCUT2D eigenvalue weighted by Gasteiger charge is -2.23. The Morgan fingerprint density at radius 3 is 2.67 bits per heavy atom. The first-order valence-electron chi connectivity index (χ1n) is 12.3. The number of aromatic nitrogens is 1. The Labute approximate surface area is 214 Å². The highest BCUT2D eigenvalue weighted by molar-refractivity contribution is 7.17.